The second kappa shape index (κ2) is 13.1. The number of aliphatic hydroxyl groups is 6. The first-order valence-corrected chi connectivity index (χ1v) is 19.6. The second-order valence-electron chi connectivity index (χ2n) is 18.4. The van der Waals surface area contributed by atoms with Gasteiger partial charge in [-0.15, -0.1) is 0 Å². The molecule has 4 saturated heterocycles. The van der Waals surface area contributed by atoms with Crippen LogP contribution in [0.4, 0.5) is 0 Å². The van der Waals surface area contributed by atoms with Crippen molar-refractivity contribution in [1.82, 2.24) is 0 Å². The molecule has 4 aliphatic carbocycles. The smallest absolute Gasteiger partial charge is 0.186 e. The predicted octanol–water partition coefficient (Wildman–Crippen LogP) is 2.08. The van der Waals surface area contributed by atoms with Gasteiger partial charge >= 0.3 is 0 Å². The fourth-order valence-corrected chi connectivity index (χ4v) is 12.9. The molecular weight excluding hydrogens is 648 g/mol. The number of hydrogen-bond acceptors (Lipinski definition) is 12. The highest BCUT2D eigenvalue weighted by atomic mass is 16.7. The lowest BCUT2D eigenvalue weighted by Crippen LogP contribution is -2.64. The highest BCUT2D eigenvalue weighted by molar-refractivity contribution is 5.16. The molecule has 0 aromatic carbocycles. The van der Waals surface area contributed by atoms with Gasteiger partial charge in [-0.2, -0.15) is 0 Å². The Morgan fingerprint density at radius 3 is 2.18 bits per heavy atom. The molecule has 0 unspecified atom stereocenters. The van der Waals surface area contributed by atoms with E-state index < -0.39 is 67.2 Å². The van der Waals surface area contributed by atoms with Gasteiger partial charge in [0.1, 0.15) is 36.6 Å². The van der Waals surface area contributed by atoms with Crippen LogP contribution in [0.15, 0.2) is 0 Å². The Bertz CT molecular complexity index is 1230. The molecule has 0 aromatic heterocycles. The van der Waals surface area contributed by atoms with Crippen LogP contribution in [0.3, 0.4) is 0 Å². The molecule has 8 rings (SSSR count). The Labute approximate surface area is 296 Å². The van der Waals surface area contributed by atoms with E-state index in [0.717, 1.165) is 58.0 Å². The van der Waals surface area contributed by atoms with E-state index in [0.29, 0.717) is 41.9 Å². The number of rotatable bonds is 4. The Hall–Kier alpha value is -0.480. The van der Waals surface area contributed by atoms with Crippen LogP contribution in [0, 0.1) is 52.3 Å². The van der Waals surface area contributed by atoms with E-state index >= 15 is 0 Å². The quantitative estimate of drug-likeness (QED) is 0.235. The highest BCUT2D eigenvalue weighted by Gasteiger charge is 2.70. The molecule has 0 amide bonds. The van der Waals surface area contributed by atoms with E-state index in [9.17, 15) is 30.6 Å². The van der Waals surface area contributed by atoms with Crippen molar-refractivity contribution in [2.45, 2.75) is 172 Å². The Balaban J connectivity index is 1.04. The lowest BCUT2D eigenvalue weighted by molar-refractivity contribution is -0.357. The normalized spacial score (nSPS) is 60.9. The van der Waals surface area contributed by atoms with Crippen molar-refractivity contribution in [2.75, 3.05) is 13.2 Å². The van der Waals surface area contributed by atoms with Gasteiger partial charge in [0.25, 0.3) is 0 Å². The van der Waals surface area contributed by atoms with Crippen molar-refractivity contribution in [2.24, 2.45) is 52.3 Å². The summed E-state index contributed by atoms with van der Waals surface area (Å²) in [5.41, 5.74) is 0.0559. The van der Waals surface area contributed by atoms with Crippen molar-refractivity contribution in [3.05, 3.63) is 0 Å². The van der Waals surface area contributed by atoms with Gasteiger partial charge in [-0.3, -0.25) is 0 Å². The van der Waals surface area contributed by atoms with Crippen LogP contribution in [-0.4, -0.2) is 123 Å². The van der Waals surface area contributed by atoms with Crippen molar-refractivity contribution < 1.29 is 59.1 Å². The van der Waals surface area contributed by atoms with Gasteiger partial charge < -0.3 is 59.1 Å². The summed E-state index contributed by atoms with van der Waals surface area (Å²) in [5.74, 6) is 2.24. The van der Waals surface area contributed by atoms with Crippen molar-refractivity contribution in [3.8, 4) is 0 Å². The topological polar surface area (TPSA) is 177 Å². The highest BCUT2D eigenvalue weighted by Crippen LogP contribution is 2.71. The van der Waals surface area contributed by atoms with Gasteiger partial charge in [0.15, 0.2) is 18.4 Å². The molecule has 4 heterocycles. The first kappa shape index (κ1) is 36.5. The molecule has 0 bridgehead atoms. The summed E-state index contributed by atoms with van der Waals surface area (Å²) >= 11 is 0. The molecule has 22 atom stereocenters. The molecule has 8 fully saturated rings. The number of aliphatic hydroxyl groups excluding tert-OH is 6. The third-order valence-electron chi connectivity index (χ3n) is 15.7. The molecule has 1 spiro atoms. The SMILES string of the molecule is C[C@H]1CC[C@@]2(OC1)O[C@H]1C[C@H]3[C@@H]4C[C@H](O[C@@H]5O[C@H](C)[C@@H](O)[C@H](O[C@@H]6OC[C@@H](O)[C@H](O)[C@H]6O)[C@H]5O)[C@@H]5C[C@@H](O)CC[C@]5(C)[C@H]4CC[C@]3(C)[C@H]1[C@@H]2C. The fraction of sp³-hybridized carbons (Fsp3) is 1.00. The molecule has 12 heteroatoms. The lowest BCUT2D eigenvalue weighted by Gasteiger charge is -2.63. The van der Waals surface area contributed by atoms with Crippen LogP contribution in [0.5, 0.6) is 0 Å². The van der Waals surface area contributed by atoms with Crippen LogP contribution in [-0.2, 0) is 28.4 Å². The van der Waals surface area contributed by atoms with Crippen molar-refractivity contribution in [3.63, 3.8) is 0 Å². The third-order valence-corrected chi connectivity index (χ3v) is 15.7. The summed E-state index contributed by atoms with van der Waals surface area (Å²) in [7, 11) is 0. The zero-order valence-electron chi connectivity index (χ0n) is 30.4. The number of fused-ring (bicyclic) bond motifs is 7. The minimum Gasteiger partial charge on any atom is -0.393 e. The van der Waals surface area contributed by atoms with Crippen LogP contribution < -0.4 is 0 Å². The van der Waals surface area contributed by atoms with E-state index in [1.807, 2.05) is 0 Å². The Morgan fingerprint density at radius 2 is 1.44 bits per heavy atom. The summed E-state index contributed by atoms with van der Waals surface area (Å²) < 4.78 is 37.9. The third kappa shape index (κ3) is 5.60. The maximum absolute atomic E-state index is 11.6. The monoisotopic (exact) mass is 710 g/mol. The minimum atomic E-state index is -1.57. The molecule has 4 saturated carbocycles. The summed E-state index contributed by atoms with van der Waals surface area (Å²) in [6.07, 6.45) is -3.60. The first-order valence-electron chi connectivity index (χ1n) is 19.6. The summed E-state index contributed by atoms with van der Waals surface area (Å²) in [4.78, 5) is 0. The van der Waals surface area contributed by atoms with Gasteiger partial charge in [-0.1, -0.05) is 27.7 Å². The fourth-order valence-electron chi connectivity index (χ4n) is 12.9. The summed E-state index contributed by atoms with van der Waals surface area (Å²) in [5, 5.41) is 64.3. The molecule has 8 aliphatic rings. The van der Waals surface area contributed by atoms with E-state index in [2.05, 4.69) is 27.7 Å². The van der Waals surface area contributed by atoms with Crippen LogP contribution in [0.2, 0.25) is 0 Å². The molecule has 50 heavy (non-hydrogen) atoms. The van der Waals surface area contributed by atoms with Crippen molar-refractivity contribution >= 4 is 0 Å². The first-order chi connectivity index (χ1) is 23.7. The van der Waals surface area contributed by atoms with Gasteiger partial charge in [-0.25, -0.2) is 0 Å². The van der Waals surface area contributed by atoms with E-state index in [4.69, 9.17) is 28.4 Å². The van der Waals surface area contributed by atoms with Crippen molar-refractivity contribution in [1.29, 1.82) is 0 Å². The average Bonchev–Trinajstić information content (AvgIpc) is 3.53. The molecular formula is C38H62O12. The lowest BCUT2D eigenvalue weighted by atomic mass is 9.43. The van der Waals surface area contributed by atoms with Gasteiger partial charge in [0, 0.05) is 12.3 Å². The van der Waals surface area contributed by atoms with Crippen LogP contribution in [0.25, 0.3) is 0 Å². The second-order valence-corrected chi connectivity index (χ2v) is 18.4. The predicted molar refractivity (Wildman–Crippen MR) is 177 cm³/mol. The number of hydrogen-bond donors (Lipinski definition) is 6. The van der Waals surface area contributed by atoms with E-state index in [1.54, 1.807) is 6.92 Å². The number of ether oxygens (including phenoxy) is 6. The van der Waals surface area contributed by atoms with Gasteiger partial charge in [-0.05, 0) is 105 Å². The molecule has 0 radical (unpaired) electrons. The molecule has 12 nitrogen and oxygen atoms in total. The average molecular weight is 711 g/mol. The maximum atomic E-state index is 11.6. The van der Waals surface area contributed by atoms with Gasteiger partial charge in [0.2, 0.25) is 0 Å². The molecule has 286 valence electrons. The Kier molecular flexibility index (Phi) is 9.55. The Morgan fingerprint density at radius 1 is 0.680 bits per heavy atom. The minimum absolute atomic E-state index is 0.0557. The van der Waals surface area contributed by atoms with Gasteiger partial charge in [0.05, 0.1) is 37.6 Å². The van der Waals surface area contributed by atoms with E-state index in [1.165, 1.54) is 0 Å². The van der Waals surface area contributed by atoms with Crippen LogP contribution >= 0.6 is 0 Å². The molecule has 6 N–H and O–H groups in total. The summed E-state index contributed by atoms with van der Waals surface area (Å²) in [6.45, 7) is 11.7. The maximum Gasteiger partial charge on any atom is 0.186 e. The largest absolute Gasteiger partial charge is 0.393 e. The zero-order chi connectivity index (χ0) is 35.5. The summed E-state index contributed by atoms with van der Waals surface area (Å²) in [6, 6.07) is 0. The molecule has 0 aromatic rings. The zero-order valence-corrected chi connectivity index (χ0v) is 30.4. The molecule has 4 aliphatic heterocycles. The van der Waals surface area contributed by atoms with E-state index in [-0.39, 0.29) is 35.6 Å². The standard InChI is InChI=1S/C38H62O12/c1-17-6-11-38(46-15-17)18(2)28-27(50-38)14-23-21-13-26(24-12-20(39)7-9-36(24,4)22(21)8-10-37(23,28)5)48-35-32(44)33(29(41)19(3)47-35)49-34-31(43)30(42)25(40)16-45-34/h17-35,39-44H,6-16H2,1-5H3/t17-,18-,19+,20-,21+,22-,23-,24-,25+,26-,27-,28-,29+,30-,31+,32+,33-,34-,35-,36+,37-,38+/m0/s1. The van der Waals surface area contributed by atoms with Crippen LogP contribution in [0.1, 0.15) is 92.4 Å².